The van der Waals surface area contributed by atoms with E-state index >= 15 is 0 Å². The average Bonchev–Trinajstić information content (AvgIpc) is 2.90. The molecule has 2 aromatic rings. The van der Waals surface area contributed by atoms with E-state index in [4.69, 9.17) is 18.3 Å². The maximum absolute atomic E-state index is 13.9. The van der Waals surface area contributed by atoms with Crippen LogP contribution in [0, 0.1) is 11.6 Å². The van der Waals surface area contributed by atoms with Crippen LogP contribution >= 0.6 is 0 Å². The van der Waals surface area contributed by atoms with E-state index in [1.54, 1.807) is 24.3 Å². The highest BCUT2D eigenvalue weighted by molar-refractivity contribution is 6.74. The van der Waals surface area contributed by atoms with Crippen molar-refractivity contribution in [2.45, 2.75) is 128 Å². The van der Waals surface area contributed by atoms with E-state index in [1.807, 2.05) is 0 Å². The molecule has 0 unspecified atom stereocenters. The molecule has 0 aliphatic carbocycles. The molecule has 0 fully saturated rings. The lowest BCUT2D eigenvalue weighted by Gasteiger charge is -2.43. The van der Waals surface area contributed by atoms with E-state index in [0.717, 1.165) is 48.3 Å². The van der Waals surface area contributed by atoms with Crippen LogP contribution in [0.15, 0.2) is 36.4 Å². The molecule has 0 saturated heterocycles. The Kier molecular flexibility index (Phi) is 10.2. The highest BCUT2D eigenvalue weighted by Crippen LogP contribution is 2.40. The summed E-state index contributed by atoms with van der Waals surface area (Å²) in [5.74, 6) is 1.02. The normalized spacial score (nSPS) is 20.8. The molecule has 0 amide bonds. The van der Waals surface area contributed by atoms with Crippen molar-refractivity contribution >= 4 is 16.6 Å². The van der Waals surface area contributed by atoms with E-state index in [9.17, 15) is 8.78 Å². The van der Waals surface area contributed by atoms with Crippen molar-refractivity contribution in [1.82, 2.24) is 5.32 Å². The fourth-order valence-corrected chi connectivity index (χ4v) is 7.95. The number of benzene rings is 2. The minimum absolute atomic E-state index is 0.0394. The highest BCUT2D eigenvalue weighted by Gasteiger charge is 2.44. The highest BCUT2D eigenvalue weighted by atomic mass is 28.4. The Morgan fingerprint density at radius 3 is 1.44 bits per heavy atom. The van der Waals surface area contributed by atoms with Gasteiger partial charge >= 0.3 is 0 Å². The summed E-state index contributed by atoms with van der Waals surface area (Å²) in [5, 5.41) is 3.79. The number of halogens is 2. The van der Waals surface area contributed by atoms with Gasteiger partial charge in [0.1, 0.15) is 35.3 Å². The van der Waals surface area contributed by atoms with Crippen molar-refractivity contribution in [3.63, 3.8) is 0 Å². The number of fused-ring (bicyclic) bond motifs is 2. The van der Waals surface area contributed by atoms with Gasteiger partial charge in [-0.25, -0.2) is 8.78 Å². The van der Waals surface area contributed by atoms with Crippen LogP contribution in [0.3, 0.4) is 0 Å². The summed E-state index contributed by atoms with van der Waals surface area (Å²) in [4.78, 5) is 0. The molecule has 0 aromatic heterocycles. The molecule has 2 aliphatic rings. The number of hydrogen-bond acceptors (Lipinski definition) is 5. The van der Waals surface area contributed by atoms with Crippen LogP contribution in [0.2, 0.25) is 36.3 Å². The van der Waals surface area contributed by atoms with Gasteiger partial charge < -0.3 is 23.6 Å². The van der Waals surface area contributed by atoms with Gasteiger partial charge in [0, 0.05) is 13.1 Å². The third kappa shape index (κ3) is 8.28. The summed E-state index contributed by atoms with van der Waals surface area (Å²) in [7, 11) is -4.26. The summed E-state index contributed by atoms with van der Waals surface area (Å²) >= 11 is 0. The minimum Gasteiger partial charge on any atom is -0.487 e. The van der Waals surface area contributed by atoms with Gasteiger partial charge in [-0.3, -0.25) is 0 Å². The molecular formula is C34H53F2NO4Si2. The summed E-state index contributed by atoms with van der Waals surface area (Å²) < 4.78 is 54.7. The largest absolute Gasteiger partial charge is 0.487 e. The van der Waals surface area contributed by atoms with Gasteiger partial charge in [-0.2, -0.15) is 0 Å². The Morgan fingerprint density at radius 2 is 1.09 bits per heavy atom. The van der Waals surface area contributed by atoms with E-state index in [1.165, 1.54) is 12.1 Å². The molecular weight excluding hydrogens is 581 g/mol. The zero-order valence-electron chi connectivity index (χ0n) is 27.9. The topological polar surface area (TPSA) is 49.0 Å². The fourth-order valence-electron chi connectivity index (χ4n) is 5.26. The summed E-state index contributed by atoms with van der Waals surface area (Å²) in [5.41, 5.74) is 1.82. The molecule has 0 spiro atoms. The zero-order valence-corrected chi connectivity index (χ0v) is 29.9. The maximum atomic E-state index is 13.9. The van der Waals surface area contributed by atoms with Crippen LogP contribution in [0.5, 0.6) is 11.5 Å². The number of nitrogens with one attached hydrogen (secondary N) is 1. The molecule has 0 bridgehead atoms. The zero-order chi connectivity index (χ0) is 31.8. The van der Waals surface area contributed by atoms with Gasteiger partial charge in [0.2, 0.25) is 0 Å². The van der Waals surface area contributed by atoms with Gasteiger partial charge in [-0.15, -0.1) is 0 Å². The van der Waals surface area contributed by atoms with Crippen molar-refractivity contribution in [2.75, 3.05) is 13.1 Å². The summed E-state index contributed by atoms with van der Waals surface area (Å²) in [6.07, 6.45) is 2.39. The second-order valence-corrected chi connectivity index (χ2v) is 24.9. The quantitative estimate of drug-likeness (QED) is 0.266. The van der Waals surface area contributed by atoms with Crippen LogP contribution < -0.4 is 14.8 Å². The van der Waals surface area contributed by atoms with Gasteiger partial charge in [-0.05, 0) is 109 Å². The van der Waals surface area contributed by atoms with Crippen molar-refractivity contribution in [1.29, 1.82) is 0 Å². The number of aryl methyl sites for hydroxylation is 2. The molecule has 4 rings (SSSR count). The van der Waals surface area contributed by atoms with Gasteiger partial charge in [0.05, 0.1) is 12.2 Å². The summed E-state index contributed by atoms with van der Waals surface area (Å²) in [6.45, 7) is 23.8. The predicted molar refractivity (Wildman–Crippen MR) is 175 cm³/mol. The molecule has 4 atom stereocenters. The minimum atomic E-state index is -2.13. The molecule has 2 aliphatic heterocycles. The van der Waals surface area contributed by atoms with Crippen LogP contribution in [0.1, 0.15) is 65.5 Å². The van der Waals surface area contributed by atoms with E-state index in [0.29, 0.717) is 13.1 Å². The van der Waals surface area contributed by atoms with E-state index in [2.05, 4.69) is 73.0 Å². The Labute approximate surface area is 260 Å². The Balaban J connectivity index is 1.53. The number of hydrogen-bond donors (Lipinski definition) is 1. The average molecular weight is 634 g/mol. The van der Waals surface area contributed by atoms with Crippen molar-refractivity contribution in [2.24, 2.45) is 0 Å². The monoisotopic (exact) mass is 633 g/mol. The summed E-state index contributed by atoms with van der Waals surface area (Å²) in [6, 6.07) is 9.55. The first kappa shape index (κ1) is 34.1. The molecule has 9 heteroatoms. The van der Waals surface area contributed by atoms with Gasteiger partial charge in [0.25, 0.3) is 0 Å². The van der Waals surface area contributed by atoms with Crippen molar-refractivity contribution < 1.29 is 27.1 Å². The lowest BCUT2D eigenvalue weighted by atomic mass is 9.98. The lowest BCUT2D eigenvalue weighted by Crippen LogP contribution is -2.55. The van der Waals surface area contributed by atoms with E-state index < -0.39 is 16.6 Å². The number of rotatable bonds is 10. The van der Waals surface area contributed by atoms with Gasteiger partial charge in [-0.1, -0.05) is 41.5 Å². The van der Waals surface area contributed by atoms with Crippen LogP contribution in [-0.4, -0.2) is 54.1 Å². The lowest BCUT2D eigenvalue weighted by molar-refractivity contribution is 0.0168. The van der Waals surface area contributed by atoms with Crippen molar-refractivity contribution in [3.05, 3.63) is 59.2 Å². The molecule has 2 aromatic carbocycles. The van der Waals surface area contributed by atoms with Crippen LogP contribution in [0.25, 0.3) is 0 Å². The Morgan fingerprint density at radius 1 is 0.721 bits per heavy atom. The van der Waals surface area contributed by atoms with Crippen LogP contribution in [0.4, 0.5) is 8.78 Å². The predicted octanol–water partition coefficient (Wildman–Crippen LogP) is 8.42. The third-order valence-corrected chi connectivity index (χ3v) is 19.0. The third-order valence-electron chi connectivity index (χ3n) is 10.0. The Hall–Kier alpha value is -1.79. The molecule has 5 nitrogen and oxygen atoms in total. The second-order valence-electron chi connectivity index (χ2n) is 15.4. The molecule has 43 heavy (non-hydrogen) atoms. The second kappa shape index (κ2) is 12.9. The SMILES string of the molecule is CC(C)(C)[Si](C)(C)O[C@H](CNC[C@@H](O[Si](C)(C)C(C)(C)C)[C@H]1CCc2cc(F)ccc2O1)[C@@H]1CCc2cc(F)ccc2O1. The van der Waals surface area contributed by atoms with E-state index in [-0.39, 0.29) is 46.1 Å². The van der Waals surface area contributed by atoms with Crippen LogP contribution in [-0.2, 0) is 21.7 Å². The standard InChI is InChI=1S/C34H53F2NO4Si2/c1-33(2,3)42(7,8)40-31(29-15-11-23-19-25(35)13-17-27(23)38-29)21-37-22-32(41-43(9,10)34(4,5)6)30-16-12-24-20-26(36)14-18-28(24)39-30/h13-14,17-20,29-32,37H,11-12,15-16,21-22H2,1-10H3/t29-,30+,31-,32-/m1/s1. The van der Waals surface area contributed by atoms with Crippen molar-refractivity contribution in [3.8, 4) is 11.5 Å². The molecule has 0 radical (unpaired) electrons. The molecule has 2 heterocycles. The molecule has 1 N–H and O–H groups in total. The maximum Gasteiger partial charge on any atom is 0.192 e. The smallest absolute Gasteiger partial charge is 0.192 e. The number of ether oxygens (including phenoxy) is 2. The van der Waals surface area contributed by atoms with Gasteiger partial charge in [0.15, 0.2) is 16.6 Å². The Bertz CT molecular complexity index is 1160. The first-order valence-electron chi connectivity index (χ1n) is 15.8. The fraction of sp³-hybridized carbons (Fsp3) is 0.647. The molecule has 240 valence electrons. The first-order chi connectivity index (χ1) is 19.9. The molecule has 0 saturated carbocycles. The first-order valence-corrected chi connectivity index (χ1v) is 21.6.